The van der Waals surface area contributed by atoms with Crippen molar-refractivity contribution in [3.8, 4) is 0 Å². The predicted octanol–water partition coefficient (Wildman–Crippen LogP) is 0.645. The van der Waals surface area contributed by atoms with Crippen LogP contribution in [0.5, 0.6) is 0 Å². The first-order valence-electron chi connectivity index (χ1n) is 3.42. The maximum absolute atomic E-state index is 10.2. The molecule has 0 radical (unpaired) electrons. The molecule has 0 unspecified atom stereocenters. The van der Waals surface area contributed by atoms with Crippen LogP contribution in [0.25, 0.3) is 0 Å². The lowest BCUT2D eigenvalue weighted by molar-refractivity contribution is 0.0697. The highest BCUT2D eigenvalue weighted by Gasteiger charge is 1.96. The van der Waals surface area contributed by atoms with E-state index in [0.29, 0.717) is 5.56 Å². The Balaban J connectivity index is 0. The summed E-state index contributed by atoms with van der Waals surface area (Å²) in [6.07, 6.45) is 0. The van der Waals surface area contributed by atoms with Crippen LogP contribution < -0.4 is 11.5 Å². The molecule has 0 amide bonds. The molecule has 6 heteroatoms. The molecule has 0 bridgehead atoms. The molecule has 1 aromatic rings. The maximum Gasteiger partial charge on any atom is 0.335 e. The second-order valence-electron chi connectivity index (χ2n) is 2.13. The topological polar surface area (TPSA) is 113 Å². The smallest absolute Gasteiger partial charge is 0.335 e. The van der Waals surface area contributed by atoms with Gasteiger partial charge >= 0.3 is 5.97 Å². The first-order valence-corrected chi connectivity index (χ1v) is 3.42. The highest BCUT2D eigenvalue weighted by molar-refractivity contribution is 5.87. The van der Waals surface area contributed by atoms with Crippen molar-refractivity contribution in [2.45, 2.75) is 0 Å². The Kier molecular flexibility index (Phi) is 8.30. The normalized spacial score (nSPS) is 7.43. The van der Waals surface area contributed by atoms with Crippen molar-refractivity contribution in [2.75, 3.05) is 0 Å². The quantitative estimate of drug-likeness (QED) is 0.408. The van der Waals surface area contributed by atoms with Crippen molar-refractivity contribution in [1.29, 1.82) is 5.41 Å². The zero-order valence-corrected chi connectivity index (χ0v) is 8.12. The molecule has 0 aromatic heterocycles. The Bertz CT molecular complexity index is 286. The SMILES string of the molecule is Cl.N=C(N)N.O=C(O)c1ccccc1. The lowest BCUT2D eigenvalue weighted by Crippen LogP contribution is -2.20. The second kappa shape index (κ2) is 7.88. The first-order chi connectivity index (χ1) is 6.04. The highest BCUT2D eigenvalue weighted by Crippen LogP contribution is 1.96. The number of benzene rings is 1. The summed E-state index contributed by atoms with van der Waals surface area (Å²) in [6, 6.07) is 8.30. The molecule has 0 aliphatic rings. The van der Waals surface area contributed by atoms with Crippen LogP contribution in [0.1, 0.15) is 10.4 Å². The summed E-state index contributed by atoms with van der Waals surface area (Å²) in [5.74, 6) is -1.21. The number of aromatic carboxylic acids is 1. The number of nitrogens with two attached hydrogens (primary N) is 2. The maximum atomic E-state index is 10.2. The summed E-state index contributed by atoms with van der Waals surface area (Å²) in [7, 11) is 0. The van der Waals surface area contributed by atoms with E-state index in [1.165, 1.54) is 0 Å². The Morgan fingerprint density at radius 2 is 1.57 bits per heavy atom. The molecule has 5 nitrogen and oxygen atoms in total. The summed E-state index contributed by atoms with van der Waals surface area (Å²) in [5, 5.41) is 14.4. The number of carbonyl (C=O) groups is 1. The third-order valence-corrected chi connectivity index (χ3v) is 1.02. The van der Waals surface area contributed by atoms with Gasteiger partial charge in [0.05, 0.1) is 5.56 Å². The highest BCUT2D eigenvalue weighted by atomic mass is 35.5. The molecule has 78 valence electrons. The van der Waals surface area contributed by atoms with Gasteiger partial charge in [0.15, 0.2) is 5.96 Å². The fourth-order valence-electron chi connectivity index (χ4n) is 0.581. The standard InChI is InChI=1S/C7H6O2.CH5N3.ClH/c8-7(9)6-4-2-1-3-5-6;2-1(3)4;/h1-5H,(H,8,9);(H5,2,3,4);1H. The van der Waals surface area contributed by atoms with Gasteiger partial charge in [0, 0.05) is 0 Å². The van der Waals surface area contributed by atoms with Gasteiger partial charge in [-0.2, -0.15) is 0 Å². The van der Waals surface area contributed by atoms with Crippen LogP contribution in [-0.4, -0.2) is 17.0 Å². The van der Waals surface area contributed by atoms with Gasteiger partial charge in [-0.1, -0.05) is 18.2 Å². The van der Waals surface area contributed by atoms with Gasteiger partial charge in [-0.15, -0.1) is 12.4 Å². The molecule has 14 heavy (non-hydrogen) atoms. The van der Waals surface area contributed by atoms with E-state index in [-0.39, 0.29) is 18.4 Å². The Hall–Kier alpha value is -1.75. The lowest BCUT2D eigenvalue weighted by atomic mass is 10.2. The second-order valence-corrected chi connectivity index (χ2v) is 2.13. The molecule has 0 saturated carbocycles. The zero-order valence-electron chi connectivity index (χ0n) is 7.31. The monoisotopic (exact) mass is 217 g/mol. The fourth-order valence-corrected chi connectivity index (χ4v) is 0.581. The van der Waals surface area contributed by atoms with Crippen LogP contribution >= 0.6 is 12.4 Å². The summed E-state index contributed by atoms with van der Waals surface area (Å²) < 4.78 is 0. The van der Waals surface area contributed by atoms with E-state index < -0.39 is 5.97 Å². The van der Waals surface area contributed by atoms with Crippen molar-refractivity contribution in [3.63, 3.8) is 0 Å². The predicted molar refractivity (Wildman–Crippen MR) is 56.8 cm³/mol. The number of hydrogen-bond acceptors (Lipinski definition) is 2. The van der Waals surface area contributed by atoms with Crippen LogP contribution in [0.2, 0.25) is 0 Å². The third kappa shape index (κ3) is 8.35. The van der Waals surface area contributed by atoms with Gasteiger partial charge in [0.1, 0.15) is 0 Å². The van der Waals surface area contributed by atoms with Gasteiger partial charge < -0.3 is 16.6 Å². The zero-order chi connectivity index (χ0) is 10.3. The summed E-state index contributed by atoms with van der Waals surface area (Å²) >= 11 is 0. The number of carboxylic acids is 1. The molecule has 0 fully saturated rings. The molecular weight excluding hydrogens is 206 g/mol. The molecule has 0 spiro atoms. The van der Waals surface area contributed by atoms with E-state index in [2.05, 4.69) is 11.5 Å². The van der Waals surface area contributed by atoms with Gasteiger partial charge in [-0.25, -0.2) is 4.79 Å². The molecule has 0 aliphatic carbocycles. The van der Waals surface area contributed by atoms with Crippen molar-refractivity contribution >= 4 is 24.3 Å². The fraction of sp³-hybridized carbons (Fsp3) is 0. The number of rotatable bonds is 1. The van der Waals surface area contributed by atoms with E-state index in [1.807, 2.05) is 0 Å². The molecule has 0 aliphatic heterocycles. The minimum Gasteiger partial charge on any atom is -0.478 e. The van der Waals surface area contributed by atoms with Gasteiger partial charge in [0.2, 0.25) is 0 Å². The Morgan fingerprint density at radius 3 is 1.79 bits per heavy atom. The number of halogens is 1. The van der Waals surface area contributed by atoms with Gasteiger partial charge in [-0.3, -0.25) is 5.41 Å². The number of nitrogens with one attached hydrogen (secondary N) is 1. The van der Waals surface area contributed by atoms with Crippen molar-refractivity contribution < 1.29 is 9.90 Å². The molecule has 1 aromatic carbocycles. The first kappa shape index (κ1) is 14.8. The van der Waals surface area contributed by atoms with Crippen molar-refractivity contribution in [1.82, 2.24) is 0 Å². The van der Waals surface area contributed by atoms with Crippen molar-refractivity contribution in [3.05, 3.63) is 35.9 Å². The van der Waals surface area contributed by atoms with Gasteiger partial charge in [0.25, 0.3) is 0 Å². The number of guanidine groups is 1. The van der Waals surface area contributed by atoms with Crippen molar-refractivity contribution in [2.24, 2.45) is 11.5 Å². The summed E-state index contributed by atoms with van der Waals surface area (Å²) in [6.45, 7) is 0. The average Bonchev–Trinajstić information content (AvgIpc) is 2.05. The summed E-state index contributed by atoms with van der Waals surface area (Å²) in [4.78, 5) is 10.2. The molecule has 0 heterocycles. The minimum atomic E-state index is -0.879. The van der Waals surface area contributed by atoms with Crippen LogP contribution in [0.15, 0.2) is 30.3 Å². The third-order valence-electron chi connectivity index (χ3n) is 1.02. The van der Waals surface area contributed by atoms with Crippen LogP contribution in [-0.2, 0) is 0 Å². The van der Waals surface area contributed by atoms with E-state index in [0.717, 1.165) is 0 Å². The average molecular weight is 218 g/mol. The molecular formula is C8H12ClN3O2. The molecule has 0 saturated heterocycles. The molecule has 6 N–H and O–H groups in total. The van der Waals surface area contributed by atoms with Crippen LogP contribution in [0, 0.1) is 5.41 Å². The Labute approximate surface area is 87.6 Å². The van der Waals surface area contributed by atoms with Crippen LogP contribution in [0.4, 0.5) is 0 Å². The van der Waals surface area contributed by atoms with E-state index in [4.69, 9.17) is 10.5 Å². The van der Waals surface area contributed by atoms with Gasteiger partial charge in [-0.05, 0) is 12.1 Å². The lowest BCUT2D eigenvalue weighted by Gasteiger charge is -1.88. The number of hydrogen-bond donors (Lipinski definition) is 4. The summed E-state index contributed by atoms with van der Waals surface area (Å²) in [5.41, 5.74) is 9.28. The number of carboxylic acid groups (broad SMARTS) is 1. The molecule has 1 rings (SSSR count). The van der Waals surface area contributed by atoms with E-state index in [1.54, 1.807) is 30.3 Å². The largest absolute Gasteiger partial charge is 0.478 e. The minimum absolute atomic E-state index is 0. The Morgan fingerprint density at radius 1 is 1.21 bits per heavy atom. The van der Waals surface area contributed by atoms with E-state index >= 15 is 0 Å². The van der Waals surface area contributed by atoms with Crippen LogP contribution in [0.3, 0.4) is 0 Å². The molecule has 0 atom stereocenters. The van der Waals surface area contributed by atoms with E-state index in [9.17, 15) is 4.79 Å².